The number of nitrogens with zero attached hydrogens (tertiary/aromatic N) is 2. The van der Waals surface area contributed by atoms with Gasteiger partial charge in [-0.3, -0.25) is 9.89 Å². The smallest absolute Gasteiger partial charge is 0.191 e. The number of aliphatic imine (C=N–C) groups is 1. The zero-order valence-corrected chi connectivity index (χ0v) is 17.6. The van der Waals surface area contributed by atoms with Crippen LogP contribution in [0, 0.1) is 11.8 Å². The number of hydrogen-bond donors (Lipinski definition) is 3. The van der Waals surface area contributed by atoms with Crippen molar-refractivity contribution in [1.29, 1.82) is 0 Å². The summed E-state index contributed by atoms with van der Waals surface area (Å²) in [6.07, 6.45) is 7.83. The van der Waals surface area contributed by atoms with Crippen LogP contribution in [0.2, 0.25) is 0 Å². The molecule has 2 saturated carbocycles. The first-order chi connectivity index (χ1) is 14.1. The fraction of sp³-hybridized carbons (Fsp3) is 0.773. The maximum absolute atomic E-state index is 10.9. The number of guanidine groups is 1. The molecular formula is C22H36N4O3. The zero-order valence-electron chi connectivity index (χ0n) is 17.6. The zero-order chi connectivity index (χ0) is 20.1. The van der Waals surface area contributed by atoms with Gasteiger partial charge in [-0.15, -0.1) is 0 Å². The van der Waals surface area contributed by atoms with E-state index in [0.717, 1.165) is 62.8 Å². The van der Waals surface area contributed by atoms with Gasteiger partial charge in [-0.05, 0) is 50.2 Å². The van der Waals surface area contributed by atoms with Crippen molar-refractivity contribution in [2.24, 2.45) is 16.8 Å². The summed E-state index contributed by atoms with van der Waals surface area (Å²) in [5.74, 6) is 3.43. The van der Waals surface area contributed by atoms with Gasteiger partial charge in [-0.1, -0.05) is 6.42 Å². The Balaban J connectivity index is 1.33. The normalized spacial score (nSPS) is 29.7. The van der Waals surface area contributed by atoms with Crippen LogP contribution in [0.15, 0.2) is 27.8 Å². The van der Waals surface area contributed by atoms with Crippen molar-refractivity contribution in [3.63, 3.8) is 0 Å². The highest BCUT2D eigenvalue weighted by Gasteiger charge is 2.39. The van der Waals surface area contributed by atoms with Crippen molar-refractivity contribution in [2.45, 2.75) is 50.7 Å². The average molecular weight is 405 g/mol. The number of fused-ring (bicyclic) bond motifs is 2. The Morgan fingerprint density at radius 1 is 1.31 bits per heavy atom. The second-order valence-electron chi connectivity index (χ2n) is 9.23. The highest BCUT2D eigenvalue weighted by atomic mass is 16.5. The third kappa shape index (κ3) is 5.96. The summed E-state index contributed by atoms with van der Waals surface area (Å²) >= 11 is 0. The molecule has 29 heavy (non-hydrogen) atoms. The molecule has 7 nitrogen and oxygen atoms in total. The van der Waals surface area contributed by atoms with E-state index in [4.69, 9.17) is 14.1 Å². The third-order valence-electron chi connectivity index (χ3n) is 6.55. The van der Waals surface area contributed by atoms with Crippen molar-refractivity contribution in [2.75, 3.05) is 45.9 Å². The number of hydrogen-bond acceptors (Lipinski definition) is 5. The van der Waals surface area contributed by atoms with Gasteiger partial charge in [0.15, 0.2) is 5.96 Å². The van der Waals surface area contributed by atoms with Gasteiger partial charge < -0.3 is 24.9 Å². The molecule has 3 aliphatic rings. The Bertz CT molecular complexity index is 655. The molecule has 7 heteroatoms. The minimum atomic E-state index is -0.859. The maximum Gasteiger partial charge on any atom is 0.191 e. The molecule has 1 saturated heterocycles. The molecule has 3 N–H and O–H groups in total. The first-order valence-electron chi connectivity index (χ1n) is 11.2. The number of furan rings is 1. The molecular weight excluding hydrogens is 368 g/mol. The second kappa shape index (κ2) is 9.49. The van der Waals surface area contributed by atoms with Gasteiger partial charge >= 0.3 is 0 Å². The van der Waals surface area contributed by atoms with Crippen LogP contribution >= 0.6 is 0 Å². The first kappa shape index (κ1) is 20.7. The number of morpholine rings is 1. The minimum absolute atomic E-state index is 0.376. The number of β-amino-alcohol motifs (C(OH)–C–C–N with tert-alkyl or cyclic N) is 1. The molecule has 1 aliphatic heterocycles. The van der Waals surface area contributed by atoms with E-state index in [1.807, 2.05) is 19.1 Å². The van der Waals surface area contributed by atoms with Gasteiger partial charge in [0.25, 0.3) is 0 Å². The summed E-state index contributed by atoms with van der Waals surface area (Å²) in [7, 11) is 0. The van der Waals surface area contributed by atoms with Gasteiger partial charge in [0.1, 0.15) is 5.76 Å². The number of rotatable bonds is 8. The third-order valence-corrected chi connectivity index (χ3v) is 6.55. The van der Waals surface area contributed by atoms with Crippen molar-refractivity contribution in [3.05, 3.63) is 24.2 Å². The Morgan fingerprint density at radius 2 is 2.17 bits per heavy atom. The lowest BCUT2D eigenvalue weighted by Gasteiger charge is -2.33. The molecule has 1 aromatic heterocycles. The van der Waals surface area contributed by atoms with Crippen LogP contribution in [0.5, 0.6) is 0 Å². The Hall–Kier alpha value is -1.57. The topological polar surface area (TPSA) is 82.3 Å². The number of aliphatic hydroxyl groups is 1. The molecule has 2 aliphatic carbocycles. The van der Waals surface area contributed by atoms with Gasteiger partial charge in [0, 0.05) is 38.6 Å². The molecule has 0 aromatic carbocycles. The summed E-state index contributed by atoms with van der Waals surface area (Å²) in [6.45, 7) is 6.86. The minimum Gasteiger partial charge on any atom is -0.469 e. The standard InChI is InChI=1S/C22H36N4O3/c1-22(27,16-26-8-11-28-12-9-26)15-24-21(23-7-6-19-3-2-10-29-19)25-20-14-17-4-5-18(20)13-17/h2-3,10,17-18,20,27H,4-9,11-16H2,1H3,(H2,23,24,25). The van der Waals surface area contributed by atoms with Gasteiger partial charge in [-0.25, -0.2) is 0 Å². The molecule has 2 bridgehead atoms. The fourth-order valence-corrected chi connectivity index (χ4v) is 5.05. The summed E-state index contributed by atoms with van der Waals surface area (Å²) in [6, 6.07) is 4.42. The molecule has 3 fully saturated rings. The summed E-state index contributed by atoms with van der Waals surface area (Å²) in [4.78, 5) is 7.04. The molecule has 4 rings (SSSR count). The predicted molar refractivity (Wildman–Crippen MR) is 113 cm³/mol. The van der Waals surface area contributed by atoms with Gasteiger partial charge in [0.2, 0.25) is 0 Å². The molecule has 4 unspecified atom stereocenters. The van der Waals surface area contributed by atoms with E-state index in [9.17, 15) is 5.11 Å². The van der Waals surface area contributed by atoms with E-state index in [-0.39, 0.29) is 0 Å². The summed E-state index contributed by atoms with van der Waals surface area (Å²) < 4.78 is 10.8. The average Bonchev–Trinajstić information content (AvgIpc) is 3.45. The highest BCUT2D eigenvalue weighted by molar-refractivity contribution is 5.80. The molecule has 0 radical (unpaired) electrons. The van der Waals surface area contributed by atoms with E-state index in [1.54, 1.807) is 6.26 Å². The largest absolute Gasteiger partial charge is 0.469 e. The van der Waals surface area contributed by atoms with Crippen LogP contribution < -0.4 is 10.6 Å². The van der Waals surface area contributed by atoms with Crippen molar-refractivity contribution < 1.29 is 14.3 Å². The molecule has 162 valence electrons. The summed E-state index contributed by atoms with van der Waals surface area (Å²) in [5.41, 5.74) is -0.859. The fourth-order valence-electron chi connectivity index (χ4n) is 5.05. The molecule has 4 atom stereocenters. The van der Waals surface area contributed by atoms with Crippen molar-refractivity contribution in [1.82, 2.24) is 15.5 Å². The quantitative estimate of drug-likeness (QED) is 0.451. The SMILES string of the molecule is CC(O)(CN=C(NCCc1ccco1)NC1CC2CCC1C2)CN1CCOCC1. The lowest BCUT2D eigenvalue weighted by atomic mass is 9.95. The molecule has 0 spiro atoms. The Morgan fingerprint density at radius 3 is 2.86 bits per heavy atom. The van der Waals surface area contributed by atoms with Crippen LogP contribution in [-0.2, 0) is 11.2 Å². The van der Waals surface area contributed by atoms with E-state index in [1.165, 1.54) is 25.7 Å². The van der Waals surface area contributed by atoms with Crippen LogP contribution in [-0.4, -0.2) is 73.5 Å². The Labute approximate surface area is 173 Å². The lowest BCUT2D eigenvalue weighted by molar-refractivity contribution is -0.0180. The van der Waals surface area contributed by atoms with Crippen LogP contribution in [0.4, 0.5) is 0 Å². The van der Waals surface area contributed by atoms with Gasteiger partial charge in [-0.2, -0.15) is 0 Å². The van der Waals surface area contributed by atoms with E-state index < -0.39 is 5.60 Å². The monoisotopic (exact) mass is 404 g/mol. The van der Waals surface area contributed by atoms with Crippen molar-refractivity contribution >= 4 is 5.96 Å². The Kier molecular flexibility index (Phi) is 6.77. The van der Waals surface area contributed by atoms with Crippen LogP contribution in [0.3, 0.4) is 0 Å². The summed E-state index contributed by atoms with van der Waals surface area (Å²) in [5, 5.41) is 18.0. The second-order valence-corrected chi connectivity index (χ2v) is 9.23. The predicted octanol–water partition coefficient (Wildman–Crippen LogP) is 1.63. The number of ether oxygens (including phenoxy) is 1. The van der Waals surface area contributed by atoms with Crippen LogP contribution in [0.1, 0.15) is 38.4 Å². The van der Waals surface area contributed by atoms with Crippen LogP contribution in [0.25, 0.3) is 0 Å². The maximum atomic E-state index is 10.9. The van der Waals surface area contributed by atoms with E-state index in [2.05, 4.69) is 15.5 Å². The van der Waals surface area contributed by atoms with E-state index >= 15 is 0 Å². The van der Waals surface area contributed by atoms with E-state index in [0.29, 0.717) is 19.1 Å². The molecule has 2 heterocycles. The first-order valence-corrected chi connectivity index (χ1v) is 11.2. The molecule has 0 amide bonds. The van der Waals surface area contributed by atoms with Crippen molar-refractivity contribution in [3.8, 4) is 0 Å². The number of nitrogens with one attached hydrogen (secondary N) is 2. The van der Waals surface area contributed by atoms with Gasteiger partial charge in [0.05, 0.1) is 31.6 Å². The lowest BCUT2D eigenvalue weighted by Crippen LogP contribution is -2.49. The molecule has 1 aromatic rings. The highest BCUT2D eigenvalue weighted by Crippen LogP contribution is 2.44.